The summed E-state index contributed by atoms with van der Waals surface area (Å²) in [7, 11) is -3.57. The van der Waals surface area contributed by atoms with Crippen LogP contribution in [0.15, 0.2) is 65.1 Å². The van der Waals surface area contributed by atoms with Crippen molar-refractivity contribution in [1.29, 1.82) is 0 Å². The third kappa shape index (κ3) is 8.35. The van der Waals surface area contributed by atoms with Gasteiger partial charge in [0.05, 0.1) is 6.54 Å². The van der Waals surface area contributed by atoms with E-state index < -0.39 is 10.0 Å². The lowest BCUT2D eigenvalue weighted by atomic mass is 10.0. The molecule has 39 heavy (non-hydrogen) atoms. The highest BCUT2D eigenvalue weighted by Gasteiger charge is 2.32. The average Bonchev–Trinajstić information content (AvgIpc) is 3.45. The Balaban J connectivity index is 1.33. The zero-order valence-corrected chi connectivity index (χ0v) is 24.8. The third-order valence-electron chi connectivity index (χ3n) is 7.11. The molecule has 4 rings (SSSR count). The maximum Gasteiger partial charge on any atom is 0.252 e. The van der Waals surface area contributed by atoms with E-state index in [0.717, 1.165) is 37.2 Å². The number of benzene rings is 1. The molecule has 0 unspecified atom stereocenters. The summed E-state index contributed by atoms with van der Waals surface area (Å²) >= 11 is 7.10. The number of aromatic nitrogens is 1. The fourth-order valence-electron chi connectivity index (χ4n) is 4.90. The van der Waals surface area contributed by atoms with E-state index in [1.165, 1.54) is 36.2 Å². The number of thiophene rings is 1. The fourth-order valence-corrected chi connectivity index (χ4v) is 7.94. The molecule has 1 aliphatic heterocycles. The Hall–Kier alpha value is -2.30. The Bertz CT molecular complexity index is 1290. The van der Waals surface area contributed by atoms with E-state index in [2.05, 4.69) is 28.2 Å². The number of nitrogens with one attached hydrogen (secondary N) is 1. The van der Waals surface area contributed by atoms with E-state index in [0.29, 0.717) is 33.9 Å². The van der Waals surface area contributed by atoms with Gasteiger partial charge >= 0.3 is 0 Å². The molecule has 210 valence electrons. The van der Waals surface area contributed by atoms with Crippen LogP contribution in [0.25, 0.3) is 0 Å². The summed E-state index contributed by atoms with van der Waals surface area (Å²) in [4.78, 5) is 20.0. The van der Waals surface area contributed by atoms with Crippen LogP contribution in [0.2, 0.25) is 5.02 Å². The van der Waals surface area contributed by atoms with E-state index in [1.807, 2.05) is 12.3 Å². The first-order valence-electron chi connectivity index (χ1n) is 13.6. The van der Waals surface area contributed by atoms with Gasteiger partial charge in [-0.3, -0.25) is 14.7 Å². The van der Waals surface area contributed by atoms with Crippen LogP contribution >= 0.6 is 22.9 Å². The fraction of sp³-hybridized carbons (Fsp3) is 0.448. The molecule has 0 saturated carbocycles. The lowest BCUT2D eigenvalue weighted by Crippen LogP contribution is -2.46. The molecule has 3 aromatic rings. The Kier molecular flexibility index (Phi) is 10.9. The standard InChI is InChI=1S/C29H37ClN4O3S2/c1-2-3-4-5-17-33(22-23-7-6-16-31-20-23)26-14-18-34(19-15-26)39(36,37)28-13-12-27(38-28)21-32-29(35)24-8-10-25(30)11-9-24/h6-13,16,20,26H,2-5,14-15,17-19,21-22H2,1H3,(H,32,35). The number of rotatable bonds is 13. The first-order valence-corrected chi connectivity index (χ1v) is 16.3. The molecule has 0 atom stereocenters. The number of carbonyl (C=O) groups is 1. The summed E-state index contributed by atoms with van der Waals surface area (Å²) in [6, 6.07) is 14.5. The Labute approximate surface area is 241 Å². The van der Waals surface area contributed by atoms with Crippen LogP contribution in [0.5, 0.6) is 0 Å². The molecule has 0 bridgehead atoms. The Morgan fingerprint density at radius 2 is 1.87 bits per heavy atom. The van der Waals surface area contributed by atoms with Crippen molar-refractivity contribution in [2.24, 2.45) is 0 Å². The molecule has 10 heteroatoms. The quantitative estimate of drug-likeness (QED) is 0.249. The van der Waals surface area contributed by atoms with E-state index >= 15 is 0 Å². The number of pyridine rings is 1. The summed E-state index contributed by atoms with van der Waals surface area (Å²) < 4.78 is 28.8. The number of piperidine rings is 1. The van der Waals surface area contributed by atoms with Crippen LogP contribution < -0.4 is 5.32 Å². The number of sulfonamides is 1. The largest absolute Gasteiger partial charge is 0.347 e. The summed E-state index contributed by atoms with van der Waals surface area (Å²) in [5.74, 6) is -0.225. The molecule has 1 saturated heterocycles. The van der Waals surface area contributed by atoms with Crippen LogP contribution in [0.4, 0.5) is 0 Å². The van der Waals surface area contributed by atoms with Crippen molar-refractivity contribution in [1.82, 2.24) is 19.5 Å². The maximum atomic E-state index is 13.4. The lowest BCUT2D eigenvalue weighted by Gasteiger charge is -2.38. The number of nitrogens with zero attached hydrogens (tertiary/aromatic N) is 3. The smallest absolute Gasteiger partial charge is 0.252 e. The minimum absolute atomic E-state index is 0.225. The number of carbonyl (C=O) groups excluding carboxylic acids is 1. The summed E-state index contributed by atoms with van der Waals surface area (Å²) in [6.07, 6.45) is 10.1. The van der Waals surface area contributed by atoms with Gasteiger partial charge < -0.3 is 5.32 Å². The van der Waals surface area contributed by atoms with Crippen molar-refractivity contribution in [3.63, 3.8) is 0 Å². The zero-order chi connectivity index (χ0) is 27.7. The number of amides is 1. The number of unbranched alkanes of at least 4 members (excludes halogenated alkanes) is 3. The van der Waals surface area contributed by atoms with Crippen molar-refractivity contribution < 1.29 is 13.2 Å². The molecule has 1 aromatic carbocycles. The maximum absolute atomic E-state index is 13.4. The molecule has 7 nitrogen and oxygen atoms in total. The first-order chi connectivity index (χ1) is 18.9. The van der Waals surface area contributed by atoms with Gasteiger partial charge in [0, 0.05) is 53.5 Å². The van der Waals surface area contributed by atoms with Gasteiger partial charge in [-0.15, -0.1) is 11.3 Å². The lowest BCUT2D eigenvalue weighted by molar-refractivity contribution is 0.0951. The van der Waals surface area contributed by atoms with E-state index in [-0.39, 0.29) is 12.5 Å². The van der Waals surface area contributed by atoms with Gasteiger partial charge in [0.2, 0.25) is 0 Å². The first kappa shape index (κ1) is 29.7. The van der Waals surface area contributed by atoms with E-state index in [4.69, 9.17) is 11.6 Å². The second-order valence-electron chi connectivity index (χ2n) is 9.94. The number of hydrogen-bond acceptors (Lipinski definition) is 6. The molecule has 1 fully saturated rings. The second-order valence-corrected chi connectivity index (χ2v) is 13.7. The Morgan fingerprint density at radius 3 is 2.56 bits per heavy atom. The van der Waals surface area contributed by atoms with Crippen molar-refractivity contribution in [3.8, 4) is 0 Å². The molecular weight excluding hydrogens is 552 g/mol. The van der Waals surface area contributed by atoms with Gasteiger partial charge in [0.25, 0.3) is 15.9 Å². The topological polar surface area (TPSA) is 82.6 Å². The Morgan fingerprint density at radius 1 is 1.10 bits per heavy atom. The number of halogens is 1. The molecule has 2 aromatic heterocycles. The normalized spacial score (nSPS) is 15.1. The minimum atomic E-state index is -3.57. The van der Waals surface area contributed by atoms with Crippen molar-refractivity contribution in [3.05, 3.63) is 82.0 Å². The highest BCUT2D eigenvalue weighted by Crippen LogP contribution is 2.29. The van der Waals surface area contributed by atoms with Gasteiger partial charge in [-0.25, -0.2) is 8.42 Å². The third-order valence-corrected chi connectivity index (χ3v) is 10.8. The summed E-state index contributed by atoms with van der Waals surface area (Å²) in [5.41, 5.74) is 1.70. The monoisotopic (exact) mass is 588 g/mol. The highest BCUT2D eigenvalue weighted by atomic mass is 35.5. The second kappa shape index (κ2) is 14.4. The van der Waals surface area contributed by atoms with Gasteiger partial charge in [-0.2, -0.15) is 4.31 Å². The number of hydrogen-bond donors (Lipinski definition) is 1. The molecule has 0 aliphatic carbocycles. The van der Waals surface area contributed by atoms with Gasteiger partial charge in [-0.1, -0.05) is 43.9 Å². The van der Waals surface area contributed by atoms with Crippen molar-refractivity contribution in [2.45, 2.75) is 68.8 Å². The van der Waals surface area contributed by atoms with Crippen molar-refractivity contribution in [2.75, 3.05) is 19.6 Å². The van der Waals surface area contributed by atoms with Gasteiger partial charge in [0.1, 0.15) is 4.21 Å². The molecule has 1 N–H and O–H groups in total. The van der Waals surface area contributed by atoms with Crippen LogP contribution in [0.1, 0.15) is 66.2 Å². The van der Waals surface area contributed by atoms with Gasteiger partial charge in [-0.05, 0) is 73.8 Å². The molecule has 3 heterocycles. The predicted octanol–water partition coefficient (Wildman–Crippen LogP) is 5.96. The molecular formula is C29H37ClN4O3S2. The SMILES string of the molecule is CCCCCCN(Cc1cccnc1)C1CCN(S(=O)(=O)c2ccc(CNC(=O)c3ccc(Cl)cc3)s2)CC1. The molecule has 1 amide bonds. The van der Waals surface area contributed by atoms with Crippen molar-refractivity contribution >= 4 is 38.9 Å². The summed E-state index contributed by atoms with van der Waals surface area (Å²) in [5, 5.41) is 3.42. The van der Waals surface area contributed by atoms with E-state index in [1.54, 1.807) is 46.9 Å². The zero-order valence-electron chi connectivity index (χ0n) is 22.4. The van der Waals surface area contributed by atoms with Crippen LogP contribution in [-0.2, 0) is 23.1 Å². The molecule has 0 spiro atoms. The van der Waals surface area contributed by atoms with Gasteiger partial charge in [0.15, 0.2) is 0 Å². The molecule has 1 aliphatic rings. The van der Waals surface area contributed by atoms with Crippen LogP contribution in [-0.4, -0.2) is 54.2 Å². The molecule has 0 radical (unpaired) electrons. The highest BCUT2D eigenvalue weighted by molar-refractivity contribution is 7.91. The van der Waals surface area contributed by atoms with E-state index in [9.17, 15) is 13.2 Å². The summed E-state index contributed by atoms with van der Waals surface area (Å²) in [6.45, 7) is 5.36. The minimum Gasteiger partial charge on any atom is -0.347 e. The predicted molar refractivity (Wildman–Crippen MR) is 158 cm³/mol. The van der Waals surface area contributed by atoms with Crippen LogP contribution in [0, 0.1) is 0 Å². The average molecular weight is 589 g/mol. The van der Waals surface area contributed by atoms with Crippen LogP contribution in [0.3, 0.4) is 0 Å².